The van der Waals surface area contributed by atoms with Crippen molar-refractivity contribution in [2.45, 2.75) is 98.2 Å². The molecule has 3 aliphatic rings. The van der Waals surface area contributed by atoms with Crippen LogP contribution in [0.15, 0.2) is 30.3 Å². The van der Waals surface area contributed by atoms with E-state index in [0.717, 1.165) is 0 Å². The number of aliphatic hydroxyl groups excluding tert-OH is 12. The van der Waals surface area contributed by atoms with Gasteiger partial charge in [-0.25, -0.2) is 0 Å². The molecule has 1 unspecified atom stereocenters. The molecule has 19 heteroatoms. The van der Waals surface area contributed by atoms with Crippen LogP contribution in [0.3, 0.4) is 0 Å². The van der Waals surface area contributed by atoms with E-state index in [-0.39, 0.29) is 5.56 Å². The predicted molar refractivity (Wildman–Crippen MR) is 141 cm³/mol. The van der Waals surface area contributed by atoms with Crippen LogP contribution >= 0.6 is 0 Å². The maximum Gasteiger partial charge on any atom is 0.254 e. The van der Waals surface area contributed by atoms with E-state index < -0.39 is 123 Å². The molecular formula is C26H38N2O17. The van der Waals surface area contributed by atoms with Gasteiger partial charge >= 0.3 is 0 Å². The molecule has 16 atom stereocenters. The van der Waals surface area contributed by atoms with Gasteiger partial charge < -0.3 is 85.7 Å². The van der Waals surface area contributed by atoms with Gasteiger partial charge in [0, 0.05) is 12.1 Å². The number of carbonyl (C=O) groups excluding carboxylic acids is 2. The zero-order chi connectivity index (χ0) is 33.3. The van der Waals surface area contributed by atoms with Crippen LogP contribution in [0.4, 0.5) is 0 Å². The number of amides is 2. The fourth-order valence-corrected chi connectivity index (χ4v) is 5.37. The van der Waals surface area contributed by atoms with E-state index in [1.54, 1.807) is 6.07 Å². The lowest BCUT2D eigenvalue weighted by Crippen LogP contribution is -2.69. The Labute approximate surface area is 254 Å². The number of aliphatic hydroxyl groups is 12. The summed E-state index contributed by atoms with van der Waals surface area (Å²) < 4.78 is 15.5. The second-order valence-electron chi connectivity index (χ2n) is 11.1. The maximum absolute atomic E-state index is 13.9. The molecule has 254 valence electrons. The van der Waals surface area contributed by atoms with Gasteiger partial charge in [-0.3, -0.25) is 9.59 Å². The van der Waals surface area contributed by atoms with Crippen LogP contribution in [-0.4, -0.2) is 189 Å². The number of hydrogen-bond acceptors (Lipinski definition) is 17. The summed E-state index contributed by atoms with van der Waals surface area (Å²) in [6.07, 6.45) is -29.3. The van der Waals surface area contributed by atoms with E-state index >= 15 is 0 Å². The molecule has 0 spiro atoms. The Kier molecular flexibility index (Phi) is 11.4. The van der Waals surface area contributed by atoms with Crippen molar-refractivity contribution in [3.8, 4) is 0 Å². The zero-order valence-electron chi connectivity index (χ0n) is 23.4. The first-order valence-electron chi connectivity index (χ1n) is 13.9. The van der Waals surface area contributed by atoms with Gasteiger partial charge in [-0.05, 0) is 12.1 Å². The van der Waals surface area contributed by atoms with Crippen molar-refractivity contribution in [3.05, 3.63) is 35.9 Å². The summed E-state index contributed by atoms with van der Waals surface area (Å²) in [5, 5.41) is 125. The van der Waals surface area contributed by atoms with Crippen LogP contribution < -0.4 is 5.32 Å². The van der Waals surface area contributed by atoms with Gasteiger partial charge in [0.25, 0.3) is 5.91 Å². The van der Waals surface area contributed by atoms with E-state index in [2.05, 4.69) is 5.32 Å². The van der Waals surface area contributed by atoms with Crippen molar-refractivity contribution in [1.29, 1.82) is 0 Å². The Hall–Kier alpha value is -2.44. The Bertz CT molecular complexity index is 1150. The van der Waals surface area contributed by atoms with E-state index in [4.69, 9.17) is 14.2 Å². The van der Waals surface area contributed by atoms with E-state index in [0.29, 0.717) is 4.90 Å². The number of nitrogens with zero attached hydrogens (tertiary/aromatic N) is 1. The molecule has 1 aromatic carbocycles. The van der Waals surface area contributed by atoms with Crippen LogP contribution in [0.5, 0.6) is 0 Å². The van der Waals surface area contributed by atoms with Crippen molar-refractivity contribution in [2.24, 2.45) is 0 Å². The average Bonchev–Trinajstić information content (AvgIpc) is 3.03. The summed E-state index contributed by atoms with van der Waals surface area (Å²) in [7, 11) is 0. The topological polar surface area (TPSA) is 320 Å². The Morgan fingerprint density at radius 1 is 0.622 bits per heavy atom. The lowest BCUT2D eigenvalue weighted by molar-refractivity contribution is -0.294. The third-order valence-corrected chi connectivity index (χ3v) is 8.05. The third-order valence-electron chi connectivity index (χ3n) is 8.05. The highest BCUT2D eigenvalue weighted by Gasteiger charge is 2.53. The lowest BCUT2D eigenvalue weighted by Gasteiger charge is -2.46. The molecule has 0 aromatic heterocycles. The molecule has 3 saturated heterocycles. The van der Waals surface area contributed by atoms with Gasteiger partial charge in [0.2, 0.25) is 5.91 Å². The fourth-order valence-electron chi connectivity index (χ4n) is 5.37. The number of nitrogens with one attached hydrogen (secondary N) is 1. The Balaban J connectivity index is 1.72. The summed E-state index contributed by atoms with van der Waals surface area (Å²) in [4.78, 5) is 28.4. The summed E-state index contributed by atoms with van der Waals surface area (Å²) in [6, 6.07) is 5.02. The highest BCUT2D eigenvalue weighted by atomic mass is 16.7. The highest BCUT2D eigenvalue weighted by molar-refractivity contribution is 5.98. The standard InChI is InChI=1S/C26H38N2O17/c29-12-9(43-24(40)18(35)14(12)31)6-27-22(38)11(21-17(34)16(33)20(37)26(42)45-21)28(23(39)8-4-2-1-3-5-8)7-10-13(30)15(32)19(36)25(41)44-10/h1-5,9-21,24-26,29-37,40-42H,6-7H2,(H,27,38)/t9-,10+,11?,12+,13+,14+,15+,16+,17-,18-,19-,20-,21+,24+,25+,26+/m1/s1. The molecule has 3 fully saturated rings. The van der Waals surface area contributed by atoms with Crippen molar-refractivity contribution < 1.29 is 85.1 Å². The normalized spacial score (nSPS) is 42.9. The zero-order valence-corrected chi connectivity index (χ0v) is 23.4. The van der Waals surface area contributed by atoms with Crippen LogP contribution in [-0.2, 0) is 19.0 Å². The molecule has 0 radical (unpaired) electrons. The number of hydrogen-bond donors (Lipinski definition) is 13. The van der Waals surface area contributed by atoms with E-state index in [1.807, 2.05) is 0 Å². The monoisotopic (exact) mass is 650 g/mol. The predicted octanol–water partition coefficient (Wildman–Crippen LogP) is -7.99. The van der Waals surface area contributed by atoms with Crippen molar-refractivity contribution in [2.75, 3.05) is 13.1 Å². The molecule has 0 saturated carbocycles. The molecule has 4 rings (SSSR count). The molecule has 0 aliphatic carbocycles. The minimum Gasteiger partial charge on any atom is -0.388 e. The average molecular weight is 651 g/mol. The Morgan fingerprint density at radius 2 is 1.09 bits per heavy atom. The largest absolute Gasteiger partial charge is 0.388 e. The number of carbonyl (C=O) groups is 2. The summed E-state index contributed by atoms with van der Waals surface area (Å²) in [5.74, 6) is -2.24. The fraction of sp³-hybridized carbons (Fsp3) is 0.692. The molecule has 0 bridgehead atoms. The van der Waals surface area contributed by atoms with Crippen molar-refractivity contribution in [3.63, 3.8) is 0 Å². The second-order valence-corrected chi connectivity index (χ2v) is 11.1. The minimum absolute atomic E-state index is 0.0839. The molecule has 19 nitrogen and oxygen atoms in total. The van der Waals surface area contributed by atoms with Gasteiger partial charge in [0.1, 0.15) is 79.3 Å². The summed E-state index contributed by atoms with van der Waals surface area (Å²) in [5.41, 5.74) is -0.0839. The van der Waals surface area contributed by atoms with E-state index in [1.165, 1.54) is 24.3 Å². The first-order valence-corrected chi connectivity index (χ1v) is 13.9. The lowest BCUT2D eigenvalue weighted by atomic mass is 9.91. The SMILES string of the molecule is O=C(NC[C@H]1O[C@H](O)[C@H](O)[C@@H](O)[C@H]1O)C([C@@H]1O[C@H](O)[C@H](O)[C@@H](O)[C@H]1O)N(C[C@@H]1O[C@H](O)[C@H](O)[C@@H](O)[C@H]1O)C(=O)c1ccccc1. The first kappa shape index (κ1) is 35.4. The first-order chi connectivity index (χ1) is 21.1. The van der Waals surface area contributed by atoms with Gasteiger partial charge in [0.15, 0.2) is 18.9 Å². The van der Waals surface area contributed by atoms with Crippen LogP contribution in [0.25, 0.3) is 0 Å². The number of ether oxygens (including phenoxy) is 3. The van der Waals surface area contributed by atoms with Crippen molar-refractivity contribution >= 4 is 11.8 Å². The minimum atomic E-state index is -2.19. The van der Waals surface area contributed by atoms with Crippen molar-refractivity contribution in [1.82, 2.24) is 10.2 Å². The van der Waals surface area contributed by atoms with Gasteiger partial charge in [-0.1, -0.05) is 18.2 Å². The van der Waals surface area contributed by atoms with Gasteiger partial charge in [0.05, 0.1) is 6.54 Å². The van der Waals surface area contributed by atoms with Crippen LogP contribution in [0, 0.1) is 0 Å². The number of benzene rings is 1. The quantitative estimate of drug-likeness (QED) is 0.124. The van der Waals surface area contributed by atoms with Gasteiger partial charge in [-0.15, -0.1) is 0 Å². The molecule has 45 heavy (non-hydrogen) atoms. The molecule has 1 aromatic rings. The summed E-state index contributed by atoms with van der Waals surface area (Å²) >= 11 is 0. The molecule has 13 N–H and O–H groups in total. The second kappa shape index (κ2) is 14.5. The molecule has 3 aliphatic heterocycles. The van der Waals surface area contributed by atoms with Crippen LogP contribution in [0.2, 0.25) is 0 Å². The Morgan fingerprint density at radius 3 is 1.64 bits per heavy atom. The van der Waals surface area contributed by atoms with Gasteiger partial charge in [-0.2, -0.15) is 0 Å². The smallest absolute Gasteiger partial charge is 0.254 e. The highest BCUT2D eigenvalue weighted by Crippen LogP contribution is 2.29. The molecule has 2 amide bonds. The molecular weight excluding hydrogens is 612 g/mol. The van der Waals surface area contributed by atoms with E-state index in [9.17, 15) is 70.9 Å². The third kappa shape index (κ3) is 7.27. The molecule has 3 heterocycles. The van der Waals surface area contributed by atoms with Crippen LogP contribution in [0.1, 0.15) is 10.4 Å². The number of rotatable bonds is 8. The maximum atomic E-state index is 13.9. The summed E-state index contributed by atoms with van der Waals surface area (Å²) in [6.45, 7) is -1.56.